The third-order valence-corrected chi connectivity index (χ3v) is 7.01. The predicted octanol–water partition coefficient (Wildman–Crippen LogP) is 1.72. The van der Waals surface area contributed by atoms with Crippen LogP contribution in [0.4, 0.5) is 14.9 Å². The Kier molecular flexibility index (Phi) is 7.67. The SMILES string of the molecule is Cc1ccc(NC(=O)N2CCCC(N(CCN3CCOCC3)S(C)(=O)=O)C2)cc1F. The zero-order chi connectivity index (χ0) is 21.7. The van der Waals surface area contributed by atoms with E-state index in [1.54, 1.807) is 24.0 Å². The number of nitrogens with one attached hydrogen (secondary N) is 1. The number of carbonyl (C=O) groups is 1. The highest BCUT2D eigenvalue weighted by atomic mass is 32.2. The summed E-state index contributed by atoms with van der Waals surface area (Å²) < 4.78 is 45.6. The molecule has 8 nitrogen and oxygen atoms in total. The lowest BCUT2D eigenvalue weighted by Gasteiger charge is -2.39. The van der Waals surface area contributed by atoms with Crippen LogP contribution in [0.1, 0.15) is 18.4 Å². The van der Waals surface area contributed by atoms with Crippen molar-refractivity contribution in [2.45, 2.75) is 25.8 Å². The van der Waals surface area contributed by atoms with Gasteiger partial charge in [0.05, 0.1) is 19.5 Å². The Bertz CT molecular complexity index is 845. The predicted molar refractivity (Wildman–Crippen MR) is 114 cm³/mol. The van der Waals surface area contributed by atoms with Crippen molar-refractivity contribution in [2.75, 3.05) is 64.1 Å². The molecule has 2 saturated heterocycles. The average Bonchev–Trinajstić information content (AvgIpc) is 2.71. The van der Waals surface area contributed by atoms with E-state index in [0.717, 1.165) is 13.1 Å². The van der Waals surface area contributed by atoms with Crippen molar-refractivity contribution in [1.29, 1.82) is 0 Å². The Hall–Kier alpha value is -1.75. The minimum Gasteiger partial charge on any atom is -0.379 e. The summed E-state index contributed by atoms with van der Waals surface area (Å²) in [5.41, 5.74) is 0.896. The lowest BCUT2D eigenvalue weighted by atomic mass is 10.1. The van der Waals surface area contributed by atoms with Crippen molar-refractivity contribution >= 4 is 21.7 Å². The number of hydrogen-bond donors (Lipinski definition) is 1. The first-order chi connectivity index (χ1) is 14.2. The molecule has 1 N–H and O–H groups in total. The number of urea groups is 1. The van der Waals surface area contributed by atoms with Gasteiger partial charge in [0, 0.05) is 51.0 Å². The monoisotopic (exact) mass is 442 g/mol. The van der Waals surface area contributed by atoms with Crippen LogP contribution in [-0.4, -0.2) is 93.3 Å². The highest BCUT2D eigenvalue weighted by molar-refractivity contribution is 7.88. The van der Waals surface area contributed by atoms with Gasteiger partial charge in [-0.15, -0.1) is 0 Å². The Morgan fingerprint density at radius 2 is 2.03 bits per heavy atom. The molecule has 168 valence electrons. The van der Waals surface area contributed by atoms with Crippen molar-refractivity contribution in [1.82, 2.24) is 14.1 Å². The summed E-state index contributed by atoms with van der Waals surface area (Å²) in [5, 5.41) is 2.72. The molecule has 2 amide bonds. The van der Waals surface area contributed by atoms with Gasteiger partial charge in [0.25, 0.3) is 0 Å². The molecule has 0 bridgehead atoms. The van der Waals surface area contributed by atoms with Crippen LogP contribution in [0.15, 0.2) is 18.2 Å². The maximum absolute atomic E-state index is 13.8. The van der Waals surface area contributed by atoms with E-state index in [0.29, 0.717) is 63.5 Å². The number of nitrogens with zero attached hydrogens (tertiary/aromatic N) is 3. The lowest BCUT2D eigenvalue weighted by molar-refractivity contribution is 0.0343. The van der Waals surface area contributed by atoms with Gasteiger partial charge in [0.1, 0.15) is 5.82 Å². The van der Waals surface area contributed by atoms with Gasteiger partial charge >= 0.3 is 6.03 Å². The summed E-state index contributed by atoms with van der Waals surface area (Å²) in [6, 6.07) is 3.95. The second kappa shape index (κ2) is 10.0. The number of morpholine rings is 1. The van der Waals surface area contributed by atoms with Crippen molar-refractivity contribution in [2.24, 2.45) is 0 Å². The summed E-state index contributed by atoms with van der Waals surface area (Å²) in [5.74, 6) is -0.379. The maximum Gasteiger partial charge on any atom is 0.321 e. The van der Waals surface area contributed by atoms with E-state index >= 15 is 0 Å². The average molecular weight is 443 g/mol. The molecule has 30 heavy (non-hydrogen) atoms. The van der Waals surface area contributed by atoms with E-state index in [9.17, 15) is 17.6 Å². The van der Waals surface area contributed by atoms with Gasteiger partial charge in [0.15, 0.2) is 0 Å². The van der Waals surface area contributed by atoms with E-state index in [-0.39, 0.29) is 17.9 Å². The number of ether oxygens (including phenoxy) is 1. The van der Waals surface area contributed by atoms with Crippen LogP contribution in [0, 0.1) is 12.7 Å². The van der Waals surface area contributed by atoms with Crippen molar-refractivity contribution in [3.8, 4) is 0 Å². The summed E-state index contributed by atoms with van der Waals surface area (Å²) in [4.78, 5) is 16.5. The number of hydrogen-bond acceptors (Lipinski definition) is 5. The van der Waals surface area contributed by atoms with E-state index in [1.165, 1.54) is 16.6 Å². The number of likely N-dealkylation sites (tertiary alicyclic amines) is 1. The van der Waals surface area contributed by atoms with Crippen LogP contribution < -0.4 is 5.32 Å². The van der Waals surface area contributed by atoms with Gasteiger partial charge in [-0.05, 0) is 37.5 Å². The molecule has 2 aliphatic rings. The second-order valence-electron chi connectivity index (χ2n) is 7.96. The number of rotatable bonds is 6. The van der Waals surface area contributed by atoms with E-state index < -0.39 is 10.0 Å². The number of piperidine rings is 1. The number of anilines is 1. The molecular weight excluding hydrogens is 411 g/mol. The fourth-order valence-corrected chi connectivity index (χ4v) is 5.06. The summed E-state index contributed by atoms with van der Waals surface area (Å²) in [6.45, 7) is 6.46. The normalized spacial score (nSPS) is 21.1. The van der Waals surface area contributed by atoms with Gasteiger partial charge in [-0.3, -0.25) is 4.90 Å². The third kappa shape index (κ3) is 6.13. The van der Waals surface area contributed by atoms with E-state index in [2.05, 4.69) is 10.2 Å². The molecule has 2 fully saturated rings. The second-order valence-corrected chi connectivity index (χ2v) is 9.90. The quantitative estimate of drug-likeness (QED) is 0.726. The Balaban J connectivity index is 1.62. The number of amides is 2. The van der Waals surface area contributed by atoms with Crippen LogP contribution >= 0.6 is 0 Å². The summed E-state index contributed by atoms with van der Waals surface area (Å²) >= 11 is 0. The first kappa shape index (κ1) is 22.9. The molecule has 0 radical (unpaired) electrons. The molecule has 0 spiro atoms. The Morgan fingerprint density at radius 1 is 1.30 bits per heavy atom. The van der Waals surface area contributed by atoms with Crippen molar-refractivity contribution in [3.63, 3.8) is 0 Å². The zero-order valence-electron chi connectivity index (χ0n) is 17.6. The molecule has 1 unspecified atom stereocenters. The molecule has 0 aromatic heterocycles. The number of benzene rings is 1. The molecule has 1 aromatic rings. The smallest absolute Gasteiger partial charge is 0.321 e. The zero-order valence-corrected chi connectivity index (χ0v) is 18.5. The highest BCUT2D eigenvalue weighted by Crippen LogP contribution is 2.20. The maximum atomic E-state index is 13.8. The standard InChI is InChI=1S/C20H31FN4O4S/c1-16-5-6-17(14-19(16)21)22-20(26)24-7-3-4-18(15-24)25(30(2,27)28)9-8-23-10-12-29-13-11-23/h5-6,14,18H,3-4,7-13,15H2,1-2H3,(H,22,26). The molecule has 2 aliphatic heterocycles. The van der Waals surface area contributed by atoms with Gasteiger partial charge in [-0.2, -0.15) is 4.31 Å². The fourth-order valence-electron chi connectivity index (χ4n) is 3.93. The first-order valence-electron chi connectivity index (χ1n) is 10.3. The molecule has 1 aromatic carbocycles. The molecular formula is C20H31FN4O4S. The molecule has 2 heterocycles. The first-order valence-corrected chi connectivity index (χ1v) is 12.2. The number of aryl methyl sites for hydroxylation is 1. The van der Waals surface area contributed by atoms with Gasteiger partial charge in [-0.1, -0.05) is 6.07 Å². The number of halogens is 1. The molecule has 0 aliphatic carbocycles. The molecule has 10 heteroatoms. The molecule has 0 saturated carbocycles. The Morgan fingerprint density at radius 3 is 2.70 bits per heavy atom. The van der Waals surface area contributed by atoms with Crippen LogP contribution in [0.2, 0.25) is 0 Å². The van der Waals surface area contributed by atoms with Crippen LogP contribution in [0.3, 0.4) is 0 Å². The Labute approximate surface area is 178 Å². The number of carbonyl (C=O) groups excluding carboxylic acids is 1. The highest BCUT2D eigenvalue weighted by Gasteiger charge is 2.33. The minimum absolute atomic E-state index is 0.268. The summed E-state index contributed by atoms with van der Waals surface area (Å²) in [7, 11) is -3.42. The van der Waals surface area contributed by atoms with E-state index in [4.69, 9.17) is 4.74 Å². The van der Waals surface area contributed by atoms with Gasteiger partial charge < -0.3 is 15.0 Å². The van der Waals surface area contributed by atoms with Crippen molar-refractivity contribution < 1.29 is 22.3 Å². The molecule has 3 rings (SSSR count). The van der Waals surface area contributed by atoms with Crippen LogP contribution in [-0.2, 0) is 14.8 Å². The van der Waals surface area contributed by atoms with E-state index in [1.807, 2.05) is 0 Å². The topological polar surface area (TPSA) is 82.2 Å². The minimum atomic E-state index is -3.42. The third-order valence-electron chi connectivity index (χ3n) is 5.68. The fraction of sp³-hybridized carbons (Fsp3) is 0.650. The van der Waals surface area contributed by atoms with Gasteiger partial charge in [0.2, 0.25) is 10.0 Å². The largest absolute Gasteiger partial charge is 0.379 e. The lowest BCUT2D eigenvalue weighted by Crippen LogP contribution is -2.54. The number of sulfonamides is 1. The van der Waals surface area contributed by atoms with Crippen LogP contribution in [0.25, 0.3) is 0 Å². The van der Waals surface area contributed by atoms with Gasteiger partial charge in [-0.25, -0.2) is 17.6 Å². The van der Waals surface area contributed by atoms with Crippen molar-refractivity contribution in [3.05, 3.63) is 29.6 Å². The summed E-state index contributed by atoms with van der Waals surface area (Å²) in [6.07, 6.45) is 2.64. The molecule has 1 atom stereocenters. The van der Waals surface area contributed by atoms with Crippen LogP contribution in [0.5, 0.6) is 0 Å².